The van der Waals surface area contributed by atoms with Crippen LogP contribution in [0.2, 0.25) is 0 Å². The van der Waals surface area contributed by atoms with Crippen molar-refractivity contribution in [3.8, 4) is 0 Å². The Bertz CT molecular complexity index is 567. The Hall–Kier alpha value is -2.25. The minimum absolute atomic E-state index is 0.0730. The predicted molar refractivity (Wildman–Crippen MR) is 69.4 cm³/mol. The quantitative estimate of drug-likeness (QED) is 0.701. The molecule has 4 N–H and O–H groups in total. The summed E-state index contributed by atoms with van der Waals surface area (Å²) < 4.78 is 1.51. The van der Waals surface area contributed by atoms with Gasteiger partial charge in [0.15, 0.2) is 5.69 Å². The van der Waals surface area contributed by atoms with Crippen LogP contribution in [0.1, 0.15) is 16.1 Å². The third-order valence-corrected chi connectivity index (χ3v) is 2.50. The Morgan fingerprint density at radius 1 is 1.47 bits per heavy atom. The average Bonchev–Trinajstić information content (AvgIpc) is 2.88. The summed E-state index contributed by atoms with van der Waals surface area (Å²) in [6.45, 7) is 0.875. The first-order chi connectivity index (χ1) is 9.22. The molecule has 0 unspecified atom stereocenters. The van der Waals surface area contributed by atoms with Crippen LogP contribution >= 0.6 is 0 Å². The molecular formula is C12H15N5O2. The fourth-order valence-electron chi connectivity index (χ4n) is 1.59. The molecule has 2 aromatic rings. The molecular weight excluding hydrogens is 246 g/mol. The number of nitrogens with one attached hydrogen (secondary N) is 1. The molecule has 0 aliphatic heterocycles. The van der Waals surface area contributed by atoms with Gasteiger partial charge in [-0.2, -0.15) is 0 Å². The van der Waals surface area contributed by atoms with E-state index in [1.54, 1.807) is 24.3 Å². The lowest BCUT2D eigenvalue weighted by atomic mass is 10.2. The number of hydrogen-bond acceptors (Lipinski definition) is 5. The van der Waals surface area contributed by atoms with Crippen LogP contribution < -0.4 is 11.1 Å². The van der Waals surface area contributed by atoms with E-state index in [-0.39, 0.29) is 18.2 Å². The Morgan fingerprint density at radius 2 is 2.32 bits per heavy atom. The first-order valence-electron chi connectivity index (χ1n) is 5.84. The molecule has 19 heavy (non-hydrogen) atoms. The van der Waals surface area contributed by atoms with Gasteiger partial charge < -0.3 is 16.2 Å². The molecule has 0 bridgehead atoms. The van der Waals surface area contributed by atoms with Gasteiger partial charge in [-0.25, -0.2) is 0 Å². The van der Waals surface area contributed by atoms with E-state index < -0.39 is 0 Å². The molecule has 2 rings (SSSR count). The zero-order valence-corrected chi connectivity index (χ0v) is 10.3. The highest BCUT2D eigenvalue weighted by molar-refractivity contribution is 6.02. The van der Waals surface area contributed by atoms with Crippen LogP contribution in [0.25, 0.3) is 0 Å². The van der Waals surface area contributed by atoms with E-state index in [1.807, 2.05) is 0 Å². The van der Waals surface area contributed by atoms with Crippen molar-refractivity contribution in [1.82, 2.24) is 15.0 Å². The predicted octanol–water partition coefficient (Wildman–Crippen LogP) is -0.0186. The Morgan fingerprint density at radius 3 is 3.05 bits per heavy atom. The maximum atomic E-state index is 11.9. The monoisotopic (exact) mass is 261 g/mol. The molecule has 0 spiro atoms. The van der Waals surface area contributed by atoms with Crippen molar-refractivity contribution in [3.05, 3.63) is 41.7 Å². The highest BCUT2D eigenvalue weighted by Crippen LogP contribution is 2.11. The molecule has 0 atom stereocenters. The number of nitrogens with zero attached hydrogens (tertiary/aromatic N) is 3. The number of rotatable bonds is 5. The molecule has 1 amide bonds. The van der Waals surface area contributed by atoms with Crippen molar-refractivity contribution in [2.45, 2.75) is 13.2 Å². The van der Waals surface area contributed by atoms with E-state index in [9.17, 15) is 4.79 Å². The number of amides is 1. The van der Waals surface area contributed by atoms with Crippen molar-refractivity contribution >= 4 is 11.6 Å². The van der Waals surface area contributed by atoms with Gasteiger partial charge in [-0.1, -0.05) is 17.3 Å². The minimum atomic E-state index is -0.349. The summed E-state index contributed by atoms with van der Waals surface area (Å²) in [5.74, 6) is -0.349. The zero-order valence-electron chi connectivity index (χ0n) is 10.3. The Balaban J connectivity index is 2.06. The van der Waals surface area contributed by atoms with Crippen molar-refractivity contribution < 1.29 is 9.90 Å². The van der Waals surface area contributed by atoms with E-state index in [0.29, 0.717) is 18.8 Å². The number of carbonyl (C=O) groups excluding carboxylic acids is 1. The zero-order chi connectivity index (χ0) is 13.7. The van der Waals surface area contributed by atoms with Crippen LogP contribution in [0.3, 0.4) is 0 Å². The third kappa shape index (κ3) is 3.36. The molecule has 1 aromatic heterocycles. The summed E-state index contributed by atoms with van der Waals surface area (Å²) in [4.78, 5) is 11.9. The largest absolute Gasteiger partial charge is 0.392 e. The smallest absolute Gasteiger partial charge is 0.277 e. The standard InChI is InChI=1S/C12H15N5O2/c13-4-5-17-7-11(15-16-17)12(19)14-10-3-1-2-9(6-10)8-18/h1-3,6-7,18H,4-5,8,13H2,(H,14,19). The summed E-state index contributed by atoms with van der Waals surface area (Å²) >= 11 is 0. The summed E-state index contributed by atoms with van der Waals surface area (Å²) in [6, 6.07) is 6.96. The normalized spacial score (nSPS) is 10.4. The summed E-state index contributed by atoms with van der Waals surface area (Å²) in [5, 5.41) is 19.3. The number of nitrogens with two attached hydrogens (primary N) is 1. The van der Waals surface area contributed by atoms with E-state index >= 15 is 0 Å². The van der Waals surface area contributed by atoms with Crippen molar-refractivity contribution in [1.29, 1.82) is 0 Å². The minimum Gasteiger partial charge on any atom is -0.392 e. The second-order valence-electron chi connectivity index (χ2n) is 3.97. The van der Waals surface area contributed by atoms with Gasteiger partial charge in [0.1, 0.15) is 0 Å². The van der Waals surface area contributed by atoms with Gasteiger partial charge in [-0.15, -0.1) is 5.10 Å². The van der Waals surface area contributed by atoms with Gasteiger partial charge in [-0.3, -0.25) is 9.48 Å². The first-order valence-corrected chi connectivity index (χ1v) is 5.84. The number of carbonyl (C=O) groups is 1. The average molecular weight is 261 g/mol. The lowest BCUT2D eigenvalue weighted by Crippen LogP contribution is -2.13. The Kier molecular flexibility index (Phi) is 4.22. The molecule has 7 nitrogen and oxygen atoms in total. The fourth-order valence-corrected chi connectivity index (χ4v) is 1.59. The van der Waals surface area contributed by atoms with Gasteiger partial charge in [0.05, 0.1) is 19.3 Å². The van der Waals surface area contributed by atoms with E-state index in [0.717, 1.165) is 5.56 Å². The SMILES string of the molecule is NCCn1cc(C(=O)Nc2cccc(CO)c2)nn1. The molecule has 7 heteroatoms. The topological polar surface area (TPSA) is 106 Å². The number of hydrogen-bond donors (Lipinski definition) is 3. The number of aliphatic hydroxyl groups is 1. The maximum absolute atomic E-state index is 11.9. The fraction of sp³-hybridized carbons (Fsp3) is 0.250. The van der Waals surface area contributed by atoms with Crippen LogP contribution in [0.15, 0.2) is 30.5 Å². The van der Waals surface area contributed by atoms with Crippen molar-refractivity contribution in [2.24, 2.45) is 5.73 Å². The van der Waals surface area contributed by atoms with Gasteiger partial charge in [-0.05, 0) is 17.7 Å². The summed E-state index contributed by atoms with van der Waals surface area (Å²) in [6.07, 6.45) is 1.54. The van der Waals surface area contributed by atoms with Crippen molar-refractivity contribution in [2.75, 3.05) is 11.9 Å². The molecule has 0 saturated carbocycles. The molecule has 100 valence electrons. The van der Waals surface area contributed by atoms with Gasteiger partial charge in [0, 0.05) is 12.2 Å². The number of anilines is 1. The first kappa shape index (κ1) is 13.2. The number of aliphatic hydroxyl groups excluding tert-OH is 1. The van der Waals surface area contributed by atoms with Crippen LogP contribution in [-0.2, 0) is 13.2 Å². The van der Waals surface area contributed by atoms with Crippen LogP contribution in [-0.4, -0.2) is 32.6 Å². The third-order valence-electron chi connectivity index (χ3n) is 2.50. The van der Waals surface area contributed by atoms with Crippen LogP contribution in [0, 0.1) is 0 Å². The lowest BCUT2D eigenvalue weighted by molar-refractivity contribution is 0.102. The molecule has 0 aliphatic carbocycles. The molecule has 0 radical (unpaired) electrons. The molecule has 0 saturated heterocycles. The van der Waals surface area contributed by atoms with Crippen LogP contribution in [0.5, 0.6) is 0 Å². The molecule has 1 heterocycles. The summed E-state index contributed by atoms with van der Waals surface area (Å²) in [5.41, 5.74) is 6.94. The highest BCUT2D eigenvalue weighted by atomic mass is 16.3. The molecule has 1 aromatic carbocycles. The second-order valence-corrected chi connectivity index (χ2v) is 3.97. The van der Waals surface area contributed by atoms with Gasteiger partial charge in [0.25, 0.3) is 5.91 Å². The van der Waals surface area contributed by atoms with E-state index in [4.69, 9.17) is 10.8 Å². The van der Waals surface area contributed by atoms with Crippen molar-refractivity contribution in [3.63, 3.8) is 0 Å². The lowest BCUT2D eigenvalue weighted by Gasteiger charge is -2.04. The van der Waals surface area contributed by atoms with E-state index in [2.05, 4.69) is 15.6 Å². The number of aromatic nitrogens is 3. The highest BCUT2D eigenvalue weighted by Gasteiger charge is 2.10. The van der Waals surface area contributed by atoms with Gasteiger partial charge in [0.2, 0.25) is 0 Å². The number of benzene rings is 1. The molecule has 0 fully saturated rings. The Labute approximate surface area is 110 Å². The molecule has 0 aliphatic rings. The summed E-state index contributed by atoms with van der Waals surface area (Å²) in [7, 11) is 0. The van der Waals surface area contributed by atoms with Gasteiger partial charge >= 0.3 is 0 Å². The van der Waals surface area contributed by atoms with E-state index in [1.165, 1.54) is 10.9 Å². The second kappa shape index (κ2) is 6.07. The maximum Gasteiger partial charge on any atom is 0.277 e. The van der Waals surface area contributed by atoms with Crippen LogP contribution in [0.4, 0.5) is 5.69 Å².